The predicted octanol–water partition coefficient (Wildman–Crippen LogP) is 1.45. The second kappa shape index (κ2) is 4.21. The van der Waals surface area contributed by atoms with Crippen molar-refractivity contribution in [3.63, 3.8) is 0 Å². The quantitative estimate of drug-likeness (QED) is 0.539. The van der Waals surface area contributed by atoms with Crippen LogP contribution in [0.5, 0.6) is 0 Å². The molecule has 78 valence electrons. The topological polar surface area (TPSA) is 46.1 Å². The van der Waals surface area contributed by atoms with Crippen LogP contribution in [0, 0.1) is 0 Å². The number of hydrogen-bond donors (Lipinski definition) is 0. The summed E-state index contributed by atoms with van der Waals surface area (Å²) in [5, 5.41) is 0. The molecule has 0 unspecified atom stereocenters. The van der Waals surface area contributed by atoms with Crippen LogP contribution in [0.4, 0.5) is 5.95 Å². The van der Waals surface area contributed by atoms with Gasteiger partial charge in [0.15, 0.2) is 6.29 Å². The summed E-state index contributed by atoms with van der Waals surface area (Å²) in [5.74, 6) is 0.702. The molecule has 0 bridgehead atoms. The number of hydrogen-bond acceptors (Lipinski definition) is 4. The first kappa shape index (κ1) is 9.83. The van der Waals surface area contributed by atoms with Gasteiger partial charge in [-0.25, -0.2) is 9.97 Å². The monoisotopic (exact) mass is 203 g/mol. The van der Waals surface area contributed by atoms with E-state index in [1.807, 2.05) is 0 Å². The summed E-state index contributed by atoms with van der Waals surface area (Å²) >= 11 is 0. The molecule has 0 saturated heterocycles. The van der Waals surface area contributed by atoms with Crippen molar-refractivity contribution in [3.05, 3.63) is 29.6 Å². The highest BCUT2D eigenvalue weighted by molar-refractivity contribution is 5.73. The number of aldehydes is 1. The summed E-state index contributed by atoms with van der Waals surface area (Å²) in [6.07, 6.45) is 7.14. The normalized spacial score (nSPS) is 16.1. The van der Waals surface area contributed by atoms with Crippen molar-refractivity contribution in [1.29, 1.82) is 0 Å². The van der Waals surface area contributed by atoms with Gasteiger partial charge in [-0.2, -0.15) is 0 Å². The molecule has 0 saturated carbocycles. The lowest BCUT2D eigenvalue weighted by Crippen LogP contribution is -2.30. The van der Waals surface area contributed by atoms with Gasteiger partial charge in [-0.1, -0.05) is 11.6 Å². The first-order chi connectivity index (χ1) is 7.29. The van der Waals surface area contributed by atoms with Crippen molar-refractivity contribution in [2.45, 2.75) is 13.3 Å². The van der Waals surface area contributed by atoms with E-state index in [-0.39, 0.29) is 0 Å². The number of nitrogens with zero attached hydrogens (tertiary/aromatic N) is 3. The van der Waals surface area contributed by atoms with Gasteiger partial charge in [0.2, 0.25) is 5.95 Å². The van der Waals surface area contributed by atoms with Crippen LogP contribution in [-0.4, -0.2) is 29.3 Å². The summed E-state index contributed by atoms with van der Waals surface area (Å²) < 4.78 is 0. The molecule has 4 heteroatoms. The average molecular weight is 203 g/mol. The Bertz CT molecular complexity index is 383. The first-order valence-corrected chi connectivity index (χ1v) is 4.97. The van der Waals surface area contributed by atoms with Crippen LogP contribution < -0.4 is 4.90 Å². The Kier molecular flexibility index (Phi) is 2.76. The van der Waals surface area contributed by atoms with Crippen LogP contribution in [0.3, 0.4) is 0 Å². The molecular weight excluding hydrogens is 190 g/mol. The number of anilines is 1. The van der Waals surface area contributed by atoms with Crippen molar-refractivity contribution < 1.29 is 4.79 Å². The van der Waals surface area contributed by atoms with E-state index in [0.717, 1.165) is 25.8 Å². The van der Waals surface area contributed by atoms with Crippen molar-refractivity contribution in [3.8, 4) is 0 Å². The standard InChI is InChI=1S/C11H13N3O/c1-9-3-2-4-14(7-9)11-12-5-10(8-15)6-13-11/h3,5-6,8H,2,4,7H2,1H3. The molecule has 1 aromatic heterocycles. The lowest BCUT2D eigenvalue weighted by atomic mass is 10.1. The van der Waals surface area contributed by atoms with E-state index < -0.39 is 0 Å². The lowest BCUT2D eigenvalue weighted by molar-refractivity contribution is 0.112. The van der Waals surface area contributed by atoms with Gasteiger partial charge in [0.25, 0.3) is 0 Å². The fourth-order valence-electron chi connectivity index (χ4n) is 1.64. The largest absolute Gasteiger partial charge is 0.337 e. The summed E-state index contributed by atoms with van der Waals surface area (Å²) in [5.41, 5.74) is 1.85. The Labute approximate surface area is 88.7 Å². The summed E-state index contributed by atoms with van der Waals surface area (Å²) in [6, 6.07) is 0. The zero-order chi connectivity index (χ0) is 10.7. The molecule has 0 aromatic carbocycles. The Balaban J connectivity index is 2.15. The predicted molar refractivity (Wildman–Crippen MR) is 58.0 cm³/mol. The van der Waals surface area contributed by atoms with Gasteiger partial charge in [0.05, 0.1) is 5.56 Å². The molecule has 1 aliphatic rings. The third-order valence-electron chi connectivity index (χ3n) is 2.41. The van der Waals surface area contributed by atoms with Crippen molar-refractivity contribution in [2.24, 2.45) is 0 Å². The molecular formula is C11H13N3O. The SMILES string of the molecule is CC1=CCCN(c2ncc(C=O)cn2)C1. The second-order valence-corrected chi connectivity index (χ2v) is 3.69. The van der Waals surface area contributed by atoms with Crippen molar-refractivity contribution in [1.82, 2.24) is 9.97 Å². The summed E-state index contributed by atoms with van der Waals surface area (Å²) in [7, 11) is 0. The average Bonchev–Trinajstić information content (AvgIpc) is 2.29. The molecule has 1 aliphatic heterocycles. The number of aromatic nitrogens is 2. The third-order valence-corrected chi connectivity index (χ3v) is 2.41. The lowest BCUT2D eigenvalue weighted by Gasteiger charge is -2.25. The molecule has 0 fully saturated rings. The van der Waals surface area contributed by atoms with Crippen molar-refractivity contribution >= 4 is 12.2 Å². The Morgan fingerprint density at radius 2 is 2.13 bits per heavy atom. The van der Waals surface area contributed by atoms with Crippen LogP contribution in [0.2, 0.25) is 0 Å². The highest BCUT2D eigenvalue weighted by atomic mass is 16.1. The van der Waals surface area contributed by atoms with E-state index in [1.54, 1.807) is 12.4 Å². The van der Waals surface area contributed by atoms with E-state index >= 15 is 0 Å². The van der Waals surface area contributed by atoms with Crippen LogP contribution in [-0.2, 0) is 0 Å². The molecule has 0 amide bonds. The van der Waals surface area contributed by atoms with Crippen LogP contribution in [0.1, 0.15) is 23.7 Å². The highest BCUT2D eigenvalue weighted by Gasteiger charge is 2.12. The van der Waals surface area contributed by atoms with Crippen LogP contribution in [0.15, 0.2) is 24.0 Å². The van der Waals surface area contributed by atoms with E-state index in [4.69, 9.17) is 0 Å². The van der Waals surface area contributed by atoms with Gasteiger partial charge in [-0.05, 0) is 13.3 Å². The van der Waals surface area contributed by atoms with Gasteiger partial charge in [0.1, 0.15) is 0 Å². The van der Waals surface area contributed by atoms with Crippen LogP contribution in [0.25, 0.3) is 0 Å². The molecule has 2 rings (SSSR count). The zero-order valence-electron chi connectivity index (χ0n) is 8.68. The molecule has 0 N–H and O–H groups in total. The van der Waals surface area contributed by atoms with E-state index in [2.05, 4.69) is 27.9 Å². The summed E-state index contributed by atoms with van der Waals surface area (Å²) in [6.45, 7) is 3.92. The third kappa shape index (κ3) is 2.21. The van der Waals surface area contributed by atoms with E-state index in [0.29, 0.717) is 11.5 Å². The molecule has 0 atom stereocenters. The smallest absolute Gasteiger partial charge is 0.225 e. The maximum absolute atomic E-state index is 10.4. The molecule has 4 nitrogen and oxygen atoms in total. The Hall–Kier alpha value is -1.71. The minimum absolute atomic E-state index is 0.517. The number of carbonyl (C=O) groups is 1. The van der Waals surface area contributed by atoms with Gasteiger partial charge in [-0.3, -0.25) is 4.79 Å². The Morgan fingerprint density at radius 3 is 2.73 bits per heavy atom. The fourth-order valence-corrected chi connectivity index (χ4v) is 1.64. The summed E-state index contributed by atoms with van der Waals surface area (Å²) in [4.78, 5) is 20.9. The van der Waals surface area contributed by atoms with E-state index in [1.165, 1.54) is 5.57 Å². The number of carbonyl (C=O) groups excluding carboxylic acids is 1. The maximum Gasteiger partial charge on any atom is 0.225 e. The van der Waals surface area contributed by atoms with Gasteiger partial charge in [0, 0.05) is 25.5 Å². The molecule has 2 heterocycles. The van der Waals surface area contributed by atoms with E-state index in [9.17, 15) is 4.79 Å². The highest BCUT2D eigenvalue weighted by Crippen LogP contribution is 2.14. The Morgan fingerprint density at radius 1 is 1.40 bits per heavy atom. The molecule has 15 heavy (non-hydrogen) atoms. The number of rotatable bonds is 2. The van der Waals surface area contributed by atoms with Crippen LogP contribution >= 0.6 is 0 Å². The maximum atomic E-state index is 10.4. The molecule has 0 aliphatic carbocycles. The molecule has 1 aromatic rings. The molecule has 0 radical (unpaired) electrons. The minimum atomic E-state index is 0.517. The fraction of sp³-hybridized carbons (Fsp3) is 0.364. The second-order valence-electron chi connectivity index (χ2n) is 3.69. The van der Waals surface area contributed by atoms with Crippen molar-refractivity contribution in [2.75, 3.05) is 18.0 Å². The van der Waals surface area contributed by atoms with Gasteiger partial charge in [-0.15, -0.1) is 0 Å². The first-order valence-electron chi connectivity index (χ1n) is 4.97. The minimum Gasteiger partial charge on any atom is -0.337 e. The van der Waals surface area contributed by atoms with Gasteiger partial charge >= 0.3 is 0 Å². The van der Waals surface area contributed by atoms with Gasteiger partial charge < -0.3 is 4.90 Å². The zero-order valence-corrected chi connectivity index (χ0v) is 8.68. The molecule has 0 spiro atoms.